The molecule has 0 aliphatic heterocycles. The summed E-state index contributed by atoms with van der Waals surface area (Å²) in [5.41, 5.74) is 0.979. The van der Waals surface area contributed by atoms with Gasteiger partial charge in [0.05, 0.1) is 17.2 Å². The molecule has 0 spiro atoms. The molecule has 0 aliphatic rings. The summed E-state index contributed by atoms with van der Waals surface area (Å²) >= 11 is 1.61. The van der Waals surface area contributed by atoms with Gasteiger partial charge in [-0.25, -0.2) is 9.78 Å². The van der Waals surface area contributed by atoms with Crippen LogP contribution in [0, 0.1) is 0 Å². The van der Waals surface area contributed by atoms with Gasteiger partial charge in [0.25, 0.3) is 0 Å². The second-order valence-electron chi connectivity index (χ2n) is 3.29. The van der Waals surface area contributed by atoms with Crippen LogP contribution in [0.1, 0.15) is 28.1 Å². The van der Waals surface area contributed by atoms with Gasteiger partial charge in [-0.3, -0.25) is 4.68 Å². The van der Waals surface area contributed by atoms with Crippen molar-refractivity contribution in [3.05, 3.63) is 34.0 Å². The lowest BCUT2D eigenvalue weighted by Gasteiger charge is -1.96. The Bertz CT molecular complexity index is 504. The summed E-state index contributed by atoms with van der Waals surface area (Å²) in [4.78, 5) is 15.0. The summed E-state index contributed by atoms with van der Waals surface area (Å²) in [6.45, 7) is 2.57. The molecule has 0 saturated carbocycles. The summed E-state index contributed by atoms with van der Waals surface area (Å²) in [5, 5.41) is 15.7. The molecule has 2 rings (SSSR count). The molecule has 0 unspecified atom stereocenters. The molecular weight excluding hydrogens is 226 g/mol. The molecule has 0 bridgehead atoms. The van der Waals surface area contributed by atoms with E-state index in [0.717, 1.165) is 17.1 Å². The van der Waals surface area contributed by atoms with Gasteiger partial charge in [0.1, 0.15) is 0 Å². The Balaban J connectivity index is 2.11. The Kier molecular flexibility index (Phi) is 3.00. The van der Waals surface area contributed by atoms with Crippen molar-refractivity contribution in [2.45, 2.75) is 19.9 Å². The van der Waals surface area contributed by atoms with Crippen molar-refractivity contribution in [2.75, 3.05) is 0 Å². The van der Waals surface area contributed by atoms with Crippen LogP contribution in [0.3, 0.4) is 0 Å². The fourth-order valence-corrected chi connectivity index (χ4v) is 2.05. The van der Waals surface area contributed by atoms with Crippen LogP contribution in [0.2, 0.25) is 0 Å². The molecule has 16 heavy (non-hydrogen) atoms. The van der Waals surface area contributed by atoms with E-state index in [-0.39, 0.29) is 5.69 Å². The lowest BCUT2D eigenvalue weighted by Crippen LogP contribution is -2.04. The average Bonchev–Trinajstić information content (AvgIpc) is 2.87. The van der Waals surface area contributed by atoms with E-state index in [1.165, 1.54) is 6.07 Å². The van der Waals surface area contributed by atoms with Crippen LogP contribution in [0.15, 0.2) is 17.6 Å². The van der Waals surface area contributed by atoms with Crippen LogP contribution in [0.5, 0.6) is 0 Å². The van der Waals surface area contributed by atoms with E-state index >= 15 is 0 Å². The predicted octanol–water partition coefficient (Wildman–Crippen LogP) is 1.65. The minimum atomic E-state index is -1.01. The Hall–Kier alpha value is -1.69. The second kappa shape index (κ2) is 4.44. The highest BCUT2D eigenvalue weighted by atomic mass is 32.1. The predicted molar refractivity (Wildman–Crippen MR) is 59.8 cm³/mol. The average molecular weight is 237 g/mol. The number of aromatic nitrogens is 3. The fraction of sp³-hybridized carbons (Fsp3) is 0.300. The van der Waals surface area contributed by atoms with E-state index in [4.69, 9.17) is 5.11 Å². The third-order valence-electron chi connectivity index (χ3n) is 2.09. The zero-order valence-electron chi connectivity index (χ0n) is 8.75. The van der Waals surface area contributed by atoms with Gasteiger partial charge in [0.2, 0.25) is 0 Å². The second-order valence-corrected chi connectivity index (χ2v) is 4.23. The molecule has 0 aromatic carbocycles. The molecule has 0 saturated heterocycles. The van der Waals surface area contributed by atoms with E-state index < -0.39 is 5.97 Å². The molecule has 2 aromatic heterocycles. The third kappa shape index (κ3) is 2.27. The van der Waals surface area contributed by atoms with Gasteiger partial charge in [-0.2, -0.15) is 5.10 Å². The van der Waals surface area contributed by atoms with Gasteiger partial charge in [-0.05, 0) is 12.5 Å². The monoisotopic (exact) mass is 237 g/mol. The van der Waals surface area contributed by atoms with Crippen molar-refractivity contribution in [3.63, 3.8) is 0 Å². The van der Waals surface area contributed by atoms with Crippen LogP contribution >= 0.6 is 11.3 Å². The molecule has 0 amide bonds. The normalized spacial score (nSPS) is 10.6. The first-order chi connectivity index (χ1) is 7.69. The van der Waals surface area contributed by atoms with Crippen LogP contribution in [0.25, 0.3) is 0 Å². The van der Waals surface area contributed by atoms with Gasteiger partial charge in [-0.1, -0.05) is 6.92 Å². The zero-order valence-corrected chi connectivity index (χ0v) is 9.57. The largest absolute Gasteiger partial charge is 0.476 e. The number of carboxylic acid groups (broad SMARTS) is 1. The van der Waals surface area contributed by atoms with Crippen LogP contribution in [0.4, 0.5) is 0 Å². The van der Waals surface area contributed by atoms with Crippen LogP contribution in [-0.2, 0) is 13.0 Å². The SMILES string of the molecule is CCc1nc(Cn2ccc(C(=O)O)n2)cs1. The zero-order chi connectivity index (χ0) is 11.5. The number of aryl methyl sites for hydroxylation is 1. The van der Waals surface area contributed by atoms with Crippen LogP contribution in [-0.4, -0.2) is 25.8 Å². The summed E-state index contributed by atoms with van der Waals surface area (Å²) in [6, 6.07) is 1.48. The Morgan fingerprint density at radius 2 is 2.44 bits per heavy atom. The number of carboxylic acids is 1. The topological polar surface area (TPSA) is 68.0 Å². The molecule has 0 aliphatic carbocycles. The molecule has 5 nitrogen and oxygen atoms in total. The number of aromatic carboxylic acids is 1. The van der Waals surface area contributed by atoms with Gasteiger partial charge in [0, 0.05) is 11.6 Å². The number of hydrogen-bond donors (Lipinski definition) is 1. The highest BCUT2D eigenvalue weighted by Gasteiger charge is 2.07. The van der Waals surface area contributed by atoms with Gasteiger partial charge >= 0.3 is 5.97 Å². The van der Waals surface area contributed by atoms with Crippen molar-refractivity contribution >= 4 is 17.3 Å². The fourth-order valence-electron chi connectivity index (χ4n) is 1.31. The van der Waals surface area contributed by atoms with E-state index in [1.54, 1.807) is 22.2 Å². The van der Waals surface area contributed by atoms with E-state index in [1.807, 2.05) is 5.38 Å². The minimum Gasteiger partial charge on any atom is -0.476 e. The molecule has 6 heteroatoms. The number of thiazole rings is 1. The van der Waals surface area contributed by atoms with E-state index in [9.17, 15) is 4.79 Å². The van der Waals surface area contributed by atoms with Crippen LogP contribution < -0.4 is 0 Å². The summed E-state index contributed by atoms with van der Waals surface area (Å²) in [6.07, 6.45) is 2.57. The van der Waals surface area contributed by atoms with E-state index in [0.29, 0.717) is 6.54 Å². The Morgan fingerprint density at radius 3 is 3.00 bits per heavy atom. The molecule has 0 atom stereocenters. The molecular formula is C10H11N3O2S. The lowest BCUT2D eigenvalue weighted by atomic mass is 10.4. The summed E-state index contributed by atoms with van der Waals surface area (Å²) in [5.74, 6) is -1.01. The Labute approximate surface area is 96.4 Å². The maximum Gasteiger partial charge on any atom is 0.356 e. The van der Waals surface area contributed by atoms with Crippen molar-refractivity contribution in [2.24, 2.45) is 0 Å². The van der Waals surface area contributed by atoms with Crippen molar-refractivity contribution in [3.8, 4) is 0 Å². The molecule has 1 N–H and O–H groups in total. The Morgan fingerprint density at radius 1 is 1.62 bits per heavy atom. The molecule has 0 fully saturated rings. The van der Waals surface area contributed by atoms with Crippen molar-refractivity contribution in [1.82, 2.24) is 14.8 Å². The molecule has 0 radical (unpaired) electrons. The quantitative estimate of drug-likeness (QED) is 0.877. The van der Waals surface area contributed by atoms with E-state index in [2.05, 4.69) is 17.0 Å². The first kappa shape index (κ1) is 10.8. The first-order valence-corrected chi connectivity index (χ1v) is 5.77. The summed E-state index contributed by atoms with van der Waals surface area (Å²) in [7, 11) is 0. The number of hydrogen-bond acceptors (Lipinski definition) is 4. The lowest BCUT2D eigenvalue weighted by molar-refractivity contribution is 0.0689. The number of rotatable bonds is 4. The molecule has 84 valence electrons. The van der Waals surface area contributed by atoms with Crippen molar-refractivity contribution in [1.29, 1.82) is 0 Å². The first-order valence-electron chi connectivity index (χ1n) is 4.89. The van der Waals surface area contributed by atoms with Gasteiger partial charge in [-0.15, -0.1) is 11.3 Å². The van der Waals surface area contributed by atoms with Crippen molar-refractivity contribution < 1.29 is 9.90 Å². The highest BCUT2D eigenvalue weighted by Crippen LogP contribution is 2.11. The summed E-state index contributed by atoms with van der Waals surface area (Å²) < 4.78 is 1.58. The smallest absolute Gasteiger partial charge is 0.356 e. The van der Waals surface area contributed by atoms with Gasteiger partial charge < -0.3 is 5.11 Å². The number of carbonyl (C=O) groups is 1. The van der Waals surface area contributed by atoms with Gasteiger partial charge in [0.15, 0.2) is 5.69 Å². The molecule has 2 heterocycles. The standard InChI is InChI=1S/C10H11N3O2S/c1-2-9-11-7(6-16-9)5-13-4-3-8(12-13)10(14)15/h3-4,6H,2,5H2,1H3,(H,14,15). The number of nitrogens with zero attached hydrogens (tertiary/aromatic N) is 3. The third-order valence-corrected chi connectivity index (χ3v) is 3.13. The highest BCUT2D eigenvalue weighted by molar-refractivity contribution is 7.09. The maximum atomic E-state index is 10.6. The molecule has 2 aromatic rings. The minimum absolute atomic E-state index is 0.0611. The maximum absolute atomic E-state index is 10.6.